The van der Waals surface area contributed by atoms with Crippen LogP contribution < -0.4 is 0 Å². The Hall–Kier alpha value is -3.74. The van der Waals surface area contributed by atoms with Crippen LogP contribution in [0.3, 0.4) is 0 Å². The number of carbonyl (C=O) groups is 2. The van der Waals surface area contributed by atoms with Gasteiger partial charge in [-0.15, -0.1) is 0 Å². The Morgan fingerprint density at radius 2 is 1.84 bits per heavy atom. The highest BCUT2D eigenvalue weighted by atomic mass is 19.1. The molecule has 0 bridgehead atoms. The Balaban J connectivity index is 1.36. The van der Waals surface area contributed by atoms with Crippen molar-refractivity contribution in [3.8, 4) is 11.3 Å². The van der Waals surface area contributed by atoms with Gasteiger partial charge in [-0.05, 0) is 56.2 Å². The van der Waals surface area contributed by atoms with Crippen molar-refractivity contribution in [1.29, 1.82) is 0 Å². The van der Waals surface area contributed by atoms with Gasteiger partial charge >= 0.3 is 0 Å². The van der Waals surface area contributed by atoms with Gasteiger partial charge < -0.3 is 9.88 Å². The lowest BCUT2D eigenvalue weighted by Gasteiger charge is -2.16. The van der Waals surface area contributed by atoms with Gasteiger partial charge in [0.1, 0.15) is 5.82 Å². The molecule has 7 heteroatoms. The van der Waals surface area contributed by atoms with Crippen LogP contribution in [0.4, 0.5) is 4.39 Å². The summed E-state index contributed by atoms with van der Waals surface area (Å²) in [5, 5.41) is 8.00. The maximum Gasteiger partial charge on any atom is 0.294 e. The molecule has 0 spiro atoms. The fraction of sp³-hybridized carbons (Fsp3) is 0.208. The first-order valence-electron chi connectivity index (χ1n) is 10.1. The number of nitrogens with zero attached hydrogens (tertiary/aromatic N) is 2. The molecule has 0 saturated heterocycles. The maximum absolute atomic E-state index is 13.1. The minimum absolute atomic E-state index is 0.287. The van der Waals surface area contributed by atoms with E-state index in [2.05, 4.69) is 15.2 Å². The highest BCUT2D eigenvalue weighted by Crippen LogP contribution is 2.23. The molecule has 0 radical (unpaired) electrons. The summed E-state index contributed by atoms with van der Waals surface area (Å²) in [5.74, 6) is -1.31. The third kappa shape index (κ3) is 4.26. The van der Waals surface area contributed by atoms with Crippen LogP contribution in [0.2, 0.25) is 0 Å². The standard InChI is InChI=1S/C24H23FN4O2/c1-15-22(19-7-3-4-8-20(19)26-15)23(30)24(31)29(2)13-5-6-18-14-21(28-27-18)16-9-11-17(25)12-10-16/h3-4,7-12,14,26H,5-6,13H2,1-2H3,(H,27,28). The first kappa shape index (κ1) is 20.5. The van der Waals surface area contributed by atoms with E-state index in [9.17, 15) is 14.0 Å². The number of nitrogens with one attached hydrogen (secondary N) is 2. The lowest BCUT2D eigenvalue weighted by molar-refractivity contribution is -0.125. The molecule has 4 aromatic rings. The number of carbonyl (C=O) groups excluding carboxylic acids is 2. The predicted molar refractivity (Wildman–Crippen MR) is 117 cm³/mol. The predicted octanol–water partition coefficient (Wildman–Crippen LogP) is 4.28. The number of halogens is 1. The molecule has 31 heavy (non-hydrogen) atoms. The molecule has 4 rings (SSSR count). The second-order valence-electron chi connectivity index (χ2n) is 7.62. The molecule has 0 unspecified atom stereocenters. The summed E-state index contributed by atoms with van der Waals surface area (Å²) in [4.78, 5) is 30.2. The Morgan fingerprint density at radius 3 is 2.61 bits per heavy atom. The summed E-state index contributed by atoms with van der Waals surface area (Å²) in [5.41, 5.74) is 4.46. The van der Waals surface area contributed by atoms with Gasteiger partial charge in [0, 0.05) is 41.4 Å². The molecular formula is C24H23FN4O2. The minimum atomic E-state index is -0.524. The number of H-pyrrole nitrogens is 2. The Labute approximate surface area is 179 Å². The van der Waals surface area contributed by atoms with E-state index in [-0.39, 0.29) is 5.82 Å². The average Bonchev–Trinajstić information content (AvgIpc) is 3.36. The molecule has 0 atom stereocenters. The maximum atomic E-state index is 13.1. The van der Waals surface area contributed by atoms with E-state index < -0.39 is 11.7 Å². The molecule has 0 aliphatic carbocycles. The summed E-state index contributed by atoms with van der Waals surface area (Å²) in [7, 11) is 1.64. The number of benzene rings is 2. The van der Waals surface area contributed by atoms with E-state index in [1.54, 1.807) is 26.1 Å². The fourth-order valence-corrected chi connectivity index (χ4v) is 3.72. The van der Waals surface area contributed by atoms with E-state index in [0.29, 0.717) is 30.6 Å². The van der Waals surface area contributed by atoms with Crippen molar-refractivity contribution in [3.05, 3.63) is 77.4 Å². The zero-order valence-electron chi connectivity index (χ0n) is 17.4. The molecule has 1 amide bonds. The van der Waals surface area contributed by atoms with Crippen LogP contribution in [0.25, 0.3) is 22.2 Å². The van der Waals surface area contributed by atoms with Gasteiger partial charge in [-0.25, -0.2) is 4.39 Å². The van der Waals surface area contributed by atoms with E-state index in [1.165, 1.54) is 17.0 Å². The Kier molecular flexibility index (Phi) is 5.66. The minimum Gasteiger partial charge on any atom is -0.358 e. The van der Waals surface area contributed by atoms with Crippen LogP contribution in [0.1, 0.15) is 28.2 Å². The molecule has 2 heterocycles. The number of aromatic amines is 2. The number of aromatic nitrogens is 3. The monoisotopic (exact) mass is 418 g/mol. The van der Waals surface area contributed by atoms with Crippen LogP contribution in [0, 0.1) is 12.7 Å². The zero-order chi connectivity index (χ0) is 22.0. The van der Waals surface area contributed by atoms with Gasteiger partial charge in [0.2, 0.25) is 0 Å². The van der Waals surface area contributed by atoms with Crippen molar-refractivity contribution in [1.82, 2.24) is 20.1 Å². The number of Topliss-reactive ketones (excluding diaryl/α,β-unsaturated/α-hetero) is 1. The number of rotatable bonds is 7. The lowest BCUT2D eigenvalue weighted by atomic mass is 10.1. The number of hydrogen-bond acceptors (Lipinski definition) is 3. The van der Waals surface area contributed by atoms with Crippen molar-refractivity contribution in [2.24, 2.45) is 0 Å². The van der Waals surface area contributed by atoms with Crippen LogP contribution in [0.15, 0.2) is 54.6 Å². The fourth-order valence-electron chi connectivity index (χ4n) is 3.72. The van der Waals surface area contributed by atoms with Gasteiger partial charge in [-0.3, -0.25) is 14.7 Å². The zero-order valence-corrected chi connectivity index (χ0v) is 17.4. The first-order chi connectivity index (χ1) is 14.9. The summed E-state index contributed by atoms with van der Waals surface area (Å²) in [6.07, 6.45) is 1.35. The molecule has 2 aromatic carbocycles. The van der Waals surface area contributed by atoms with Crippen LogP contribution in [-0.2, 0) is 11.2 Å². The second-order valence-corrected chi connectivity index (χ2v) is 7.62. The quantitative estimate of drug-likeness (QED) is 0.347. The van der Waals surface area contributed by atoms with Crippen LogP contribution in [0.5, 0.6) is 0 Å². The van der Waals surface area contributed by atoms with Crippen molar-refractivity contribution >= 4 is 22.6 Å². The van der Waals surface area contributed by atoms with Gasteiger partial charge in [-0.2, -0.15) is 5.10 Å². The summed E-state index contributed by atoms with van der Waals surface area (Å²) in [6.45, 7) is 2.24. The molecule has 2 aromatic heterocycles. The summed E-state index contributed by atoms with van der Waals surface area (Å²) < 4.78 is 13.1. The molecular weight excluding hydrogens is 395 g/mol. The number of fused-ring (bicyclic) bond motifs is 1. The first-order valence-corrected chi connectivity index (χ1v) is 10.1. The van der Waals surface area contributed by atoms with E-state index in [4.69, 9.17) is 0 Å². The number of aryl methyl sites for hydroxylation is 2. The molecule has 6 nitrogen and oxygen atoms in total. The van der Waals surface area contributed by atoms with Gasteiger partial charge in [0.25, 0.3) is 11.7 Å². The third-order valence-electron chi connectivity index (χ3n) is 5.37. The SMILES string of the molecule is Cc1[nH]c2ccccc2c1C(=O)C(=O)N(C)CCCc1cc(-c2ccc(F)cc2)n[nH]1. The van der Waals surface area contributed by atoms with E-state index in [0.717, 1.165) is 27.9 Å². The Morgan fingerprint density at radius 1 is 1.10 bits per heavy atom. The Bertz CT molecular complexity index is 1240. The topological polar surface area (TPSA) is 81.8 Å². The highest BCUT2D eigenvalue weighted by molar-refractivity contribution is 6.45. The van der Waals surface area contributed by atoms with Gasteiger partial charge in [-0.1, -0.05) is 18.2 Å². The van der Waals surface area contributed by atoms with Crippen molar-refractivity contribution < 1.29 is 14.0 Å². The third-order valence-corrected chi connectivity index (χ3v) is 5.37. The van der Waals surface area contributed by atoms with Crippen molar-refractivity contribution in [3.63, 3.8) is 0 Å². The van der Waals surface area contributed by atoms with Crippen molar-refractivity contribution in [2.45, 2.75) is 19.8 Å². The second kappa shape index (κ2) is 8.55. The van der Waals surface area contributed by atoms with Crippen LogP contribution >= 0.6 is 0 Å². The van der Waals surface area contributed by atoms with E-state index >= 15 is 0 Å². The molecule has 2 N–H and O–H groups in total. The molecule has 0 aliphatic rings. The highest BCUT2D eigenvalue weighted by Gasteiger charge is 2.25. The van der Waals surface area contributed by atoms with Gasteiger partial charge in [0.05, 0.1) is 11.3 Å². The van der Waals surface area contributed by atoms with Crippen LogP contribution in [-0.4, -0.2) is 45.4 Å². The lowest BCUT2D eigenvalue weighted by Crippen LogP contribution is -2.34. The largest absolute Gasteiger partial charge is 0.358 e. The molecule has 0 saturated carbocycles. The number of amides is 1. The average molecular weight is 418 g/mol. The number of hydrogen-bond donors (Lipinski definition) is 2. The number of ketones is 1. The number of likely N-dealkylation sites (N-methyl/N-ethyl adjacent to an activating group) is 1. The number of para-hydroxylation sites is 1. The molecule has 0 fully saturated rings. The normalized spacial score (nSPS) is 11.1. The van der Waals surface area contributed by atoms with Crippen molar-refractivity contribution in [2.75, 3.05) is 13.6 Å². The molecule has 0 aliphatic heterocycles. The summed E-state index contributed by atoms with van der Waals surface area (Å²) in [6, 6.07) is 15.5. The molecule has 158 valence electrons. The van der Waals surface area contributed by atoms with E-state index in [1.807, 2.05) is 30.3 Å². The smallest absolute Gasteiger partial charge is 0.294 e. The summed E-state index contributed by atoms with van der Waals surface area (Å²) >= 11 is 0. The van der Waals surface area contributed by atoms with Gasteiger partial charge in [0.15, 0.2) is 0 Å².